The van der Waals surface area contributed by atoms with Crippen LogP contribution in [-0.2, 0) is 4.84 Å². The van der Waals surface area contributed by atoms with Gasteiger partial charge < -0.3 is 0 Å². The number of carbonyl (C=O) groups is 1. The quantitative estimate of drug-likeness (QED) is 0.855. The highest BCUT2D eigenvalue weighted by Crippen LogP contribution is 2.42. The Hall–Kier alpha value is -0.330. The number of halogens is 2. The number of rotatable bonds is 2. The fourth-order valence-electron chi connectivity index (χ4n) is 1.12. The van der Waals surface area contributed by atoms with Crippen molar-refractivity contribution in [2.24, 2.45) is 0 Å². The second-order valence-electron chi connectivity index (χ2n) is 2.62. The summed E-state index contributed by atoms with van der Waals surface area (Å²) in [5, 5.41) is 0.432. The molecule has 2 aromatic rings. The first-order valence-corrected chi connectivity index (χ1v) is 6.23. The number of hydroxylamine groups is 1. The van der Waals surface area contributed by atoms with E-state index in [1.165, 1.54) is 29.8 Å². The molecule has 0 atom stereocenters. The first-order chi connectivity index (χ1) is 7.13. The van der Waals surface area contributed by atoms with Crippen LogP contribution in [-0.4, -0.2) is 13.0 Å². The molecule has 2 aromatic heterocycles. The highest BCUT2D eigenvalue weighted by molar-refractivity contribution is 7.31. The van der Waals surface area contributed by atoms with Crippen molar-refractivity contribution in [2.75, 3.05) is 7.11 Å². The second kappa shape index (κ2) is 4.27. The topological polar surface area (TPSA) is 38.3 Å². The summed E-state index contributed by atoms with van der Waals surface area (Å²) in [5.41, 5.74) is 2.23. The molecule has 0 aliphatic rings. The molecule has 7 heteroatoms. The predicted molar refractivity (Wildman–Crippen MR) is 64.2 cm³/mol. The summed E-state index contributed by atoms with van der Waals surface area (Å²) < 4.78 is 2.42. The van der Waals surface area contributed by atoms with E-state index in [9.17, 15) is 4.79 Å². The lowest BCUT2D eigenvalue weighted by Crippen LogP contribution is -2.20. The molecular formula is C8H5Cl2NO2S2. The van der Waals surface area contributed by atoms with Crippen molar-refractivity contribution >= 4 is 61.2 Å². The van der Waals surface area contributed by atoms with Gasteiger partial charge in [-0.1, -0.05) is 23.2 Å². The van der Waals surface area contributed by atoms with E-state index < -0.39 is 0 Å². The number of hydrogen-bond acceptors (Lipinski definition) is 4. The van der Waals surface area contributed by atoms with Gasteiger partial charge in [0.25, 0.3) is 5.91 Å². The Kier molecular flexibility index (Phi) is 3.18. The van der Waals surface area contributed by atoms with E-state index in [0.717, 1.165) is 9.40 Å². The van der Waals surface area contributed by atoms with E-state index in [1.54, 1.807) is 6.07 Å². The van der Waals surface area contributed by atoms with Gasteiger partial charge in [-0.15, -0.1) is 22.7 Å². The van der Waals surface area contributed by atoms with Gasteiger partial charge in [-0.05, 0) is 6.07 Å². The Bertz CT molecular complexity index is 520. The average molecular weight is 282 g/mol. The van der Waals surface area contributed by atoms with Crippen LogP contribution in [0.4, 0.5) is 0 Å². The monoisotopic (exact) mass is 281 g/mol. The minimum absolute atomic E-state index is 0.341. The number of carbonyl (C=O) groups excluding carboxylic acids is 1. The van der Waals surface area contributed by atoms with Crippen LogP contribution in [0.5, 0.6) is 0 Å². The van der Waals surface area contributed by atoms with Crippen molar-refractivity contribution < 1.29 is 9.63 Å². The smallest absolute Gasteiger partial charge is 0.277 e. The van der Waals surface area contributed by atoms with Gasteiger partial charge in [-0.2, -0.15) is 0 Å². The molecule has 80 valence electrons. The van der Waals surface area contributed by atoms with Crippen molar-refractivity contribution in [2.45, 2.75) is 0 Å². The lowest BCUT2D eigenvalue weighted by molar-refractivity contribution is 0.0542. The molecule has 0 unspecified atom stereocenters. The molecule has 15 heavy (non-hydrogen) atoms. The third-order valence-electron chi connectivity index (χ3n) is 1.68. The van der Waals surface area contributed by atoms with E-state index in [2.05, 4.69) is 10.3 Å². The van der Waals surface area contributed by atoms with Crippen LogP contribution in [0, 0.1) is 0 Å². The zero-order valence-electron chi connectivity index (χ0n) is 7.47. The van der Waals surface area contributed by atoms with Gasteiger partial charge in [0, 0.05) is 4.70 Å². The maximum absolute atomic E-state index is 11.5. The van der Waals surface area contributed by atoms with Gasteiger partial charge in [0.1, 0.15) is 4.88 Å². The Labute approximate surface area is 104 Å². The molecule has 0 aliphatic heterocycles. The SMILES string of the molecule is CONC(=O)c1sc2cc(Cl)sc2c1Cl. The molecule has 2 rings (SSSR count). The first-order valence-electron chi connectivity index (χ1n) is 3.84. The summed E-state index contributed by atoms with van der Waals surface area (Å²) in [5.74, 6) is -0.341. The molecule has 1 N–H and O–H groups in total. The van der Waals surface area contributed by atoms with Crippen molar-refractivity contribution in [3.63, 3.8) is 0 Å². The van der Waals surface area contributed by atoms with Crippen LogP contribution in [0.2, 0.25) is 9.36 Å². The summed E-state index contributed by atoms with van der Waals surface area (Å²) in [7, 11) is 1.37. The summed E-state index contributed by atoms with van der Waals surface area (Å²) in [4.78, 5) is 16.5. The Morgan fingerprint density at radius 3 is 2.80 bits per heavy atom. The largest absolute Gasteiger partial charge is 0.286 e. The summed E-state index contributed by atoms with van der Waals surface area (Å²) in [6, 6.07) is 1.79. The van der Waals surface area contributed by atoms with Crippen molar-refractivity contribution in [1.82, 2.24) is 5.48 Å². The highest BCUT2D eigenvalue weighted by Gasteiger charge is 2.18. The lowest BCUT2D eigenvalue weighted by atomic mass is 10.4. The molecular weight excluding hydrogens is 277 g/mol. The van der Waals surface area contributed by atoms with E-state index in [1.807, 2.05) is 0 Å². The maximum atomic E-state index is 11.5. The Morgan fingerprint density at radius 2 is 2.20 bits per heavy atom. The predicted octanol–water partition coefficient (Wildman–Crippen LogP) is 3.56. The number of nitrogens with one attached hydrogen (secondary N) is 1. The van der Waals surface area contributed by atoms with E-state index in [-0.39, 0.29) is 5.91 Å². The minimum atomic E-state index is -0.341. The fraction of sp³-hybridized carbons (Fsp3) is 0.125. The molecule has 0 spiro atoms. The molecule has 0 saturated heterocycles. The number of fused-ring (bicyclic) bond motifs is 1. The van der Waals surface area contributed by atoms with E-state index >= 15 is 0 Å². The second-order valence-corrected chi connectivity index (χ2v) is 5.74. The van der Waals surface area contributed by atoms with Gasteiger partial charge in [-0.3, -0.25) is 9.63 Å². The maximum Gasteiger partial charge on any atom is 0.286 e. The zero-order valence-corrected chi connectivity index (χ0v) is 10.6. The van der Waals surface area contributed by atoms with Gasteiger partial charge >= 0.3 is 0 Å². The molecule has 1 amide bonds. The summed E-state index contributed by atoms with van der Waals surface area (Å²) in [6.45, 7) is 0. The van der Waals surface area contributed by atoms with Crippen molar-refractivity contribution in [3.05, 3.63) is 20.3 Å². The Morgan fingerprint density at radius 1 is 1.47 bits per heavy atom. The van der Waals surface area contributed by atoms with Crippen LogP contribution in [0.15, 0.2) is 6.07 Å². The van der Waals surface area contributed by atoms with Crippen LogP contribution in [0.25, 0.3) is 9.40 Å². The normalized spacial score (nSPS) is 10.9. The Balaban J connectivity index is 2.49. The third kappa shape index (κ3) is 1.98. The van der Waals surface area contributed by atoms with Crippen LogP contribution >= 0.6 is 45.9 Å². The fourth-order valence-corrected chi connectivity index (χ4v) is 4.03. The van der Waals surface area contributed by atoms with Crippen molar-refractivity contribution in [1.29, 1.82) is 0 Å². The molecule has 0 fully saturated rings. The summed E-state index contributed by atoms with van der Waals surface area (Å²) >= 11 is 14.5. The van der Waals surface area contributed by atoms with Gasteiger partial charge in [0.05, 0.1) is 21.2 Å². The van der Waals surface area contributed by atoms with E-state index in [4.69, 9.17) is 23.2 Å². The van der Waals surface area contributed by atoms with Gasteiger partial charge in [0.15, 0.2) is 0 Å². The van der Waals surface area contributed by atoms with Crippen LogP contribution in [0.3, 0.4) is 0 Å². The first kappa shape index (κ1) is 11.2. The molecule has 3 nitrogen and oxygen atoms in total. The van der Waals surface area contributed by atoms with Crippen LogP contribution in [0.1, 0.15) is 9.67 Å². The summed E-state index contributed by atoms with van der Waals surface area (Å²) in [6.07, 6.45) is 0. The highest BCUT2D eigenvalue weighted by atomic mass is 35.5. The van der Waals surface area contributed by atoms with Crippen LogP contribution < -0.4 is 5.48 Å². The molecule has 0 saturated carbocycles. The van der Waals surface area contributed by atoms with Gasteiger partial charge in [-0.25, -0.2) is 5.48 Å². The van der Waals surface area contributed by atoms with E-state index in [0.29, 0.717) is 14.2 Å². The average Bonchev–Trinajstić information content (AvgIpc) is 2.66. The molecule has 2 heterocycles. The molecule has 0 radical (unpaired) electrons. The number of thiophene rings is 2. The number of amides is 1. The molecule has 0 aliphatic carbocycles. The standard InChI is InChI=1S/C8H5Cl2NO2S2/c1-13-11-8(12)7-5(10)6-3(14-7)2-4(9)15-6/h2H,1H3,(H,11,12). The third-order valence-corrected chi connectivity index (χ3v) is 4.83. The van der Waals surface area contributed by atoms with Gasteiger partial charge in [0.2, 0.25) is 0 Å². The lowest BCUT2D eigenvalue weighted by Gasteiger charge is -1.98. The molecule has 0 bridgehead atoms. The zero-order chi connectivity index (χ0) is 11.0. The van der Waals surface area contributed by atoms with Crippen molar-refractivity contribution in [3.8, 4) is 0 Å². The minimum Gasteiger partial charge on any atom is -0.277 e. The number of hydrogen-bond donors (Lipinski definition) is 1. The molecule has 0 aromatic carbocycles.